The van der Waals surface area contributed by atoms with Crippen molar-refractivity contribution >= 4 is 16.9 Å². The van der Waals surface area contributed by atoms with Crippen molar-refractivity contribution < 1.29 is 14.6 Å². The zero-order valence-electron chi connectivity index (χ0n) is 17.6. The van der Waals surface area contributed by atoms with Crippen LogP contribution in [0.3, 0.4) is 0 Å². The van der Waals surface area contributed by atoms with E-state index >= 15 is 0 Å². The molecule has 0 saturated carbocycles. The monoisotopic (exact) mass is 436 g/mol. The number of pyridine rings is 2. The molecule has 0 atom stereocenters. The third-order valence-corrected chi connectivity index (χ3v) is 5.22. The molecule has 3 heterocycles. The van der Waals surface area contributed by atoms with Gasteiger partial charge >= 0.3 is 5.97 Å². The van der Waals surface area contributed by atoms with E-state index in [4.69, 9.17) is 9.84 Å². The van der Waals surface area contributed by atoms with Gasteiger partial charge in [-0.15, -0.1) is 0 Å². The van der Waals surface area contributed by atoms with Crippen LogP contribution in [0.2, 0.25) is 0 Å². The fourth-order valence-electron chi connectivity index (χ4n) is 3.65. The van der Waals surface area contributed by atoms with Crippen LogP contribution in [-0.4, -0.2) is 30.8 Å². The molecular formula is C26H20N4O3. The molecule has 162 valence electrons. The van der Waals surface area contributed by atoms with Crippen LogP contribution in [0.25, 0.3) is 33.3 Å². The summed E-state index contributed by atoms with van der Waals surface area (Å²) in [6.07, 6.45) is 5.14. The Morgan fingerprint density at radius 1 is 0.909 bits per heavy atom. The van der Waals surface area contributed by atoms with Gasteiger partial charge in [-0.3, -0.25) is 14.5 Å². The molecule has 0 aliphatic carbocycles. The summed E-state index contributed by atoms with van der Waals surface area (Å²) in [4.78, 5) is 19.9. The number of rotatable bonds is 7. The van der Waals surface area contributed by atoms with E-state index < -0.39 is 5.97 Å². The molecule has 0 fully saturated rings. The minimum atomic E-state index is -0.948. The second kappa shape index (κ2) is 8.92. The number of carboxylic acids is 1. The number of para-hydroxylation sites is 1. The van der Waals surface area contributed by atoms with Gasteiger partial charge in [0, 0.05) is 35.1 Å². The Bertz CT molecular complexity index is 1410. The molecule has 7 nitrogen and oxygen atoms in total. The Labute approximate surface area is 189 Å². The van der Waals surface area contributed by atoms with E-state index in [2.05, 4.69) is 15.1 Å². The van der Waals surface area contributed by atoms with Crippen LogP contribution in [0.4, 0.5) is 0 Å². The van der Waals surface area contributed by atoms with Gasteiger partial charge in [-0.2, -0.15) is 5.10 Å². The molecule has 5 rings (SSSR count). The van der Waals surface area contributed by atoms with Crippen LogP contribution in [0.5, 0.6) is 5.75 Å². The second-order valence-corrected chi connectivity index (χ2v) is 7.53. The standard InChI is InChI=1S/C26H20N4O3/c31-25(32)16-30-15-23(18-11-13-27-14-12-18)26(29-30)20-6-9-22(10-7-20)33-17-21-8-5-19-3-1-2-4-24(19)28-21/h1-15H,16-17H2,(H,31,32). The maximum absolute atomic E-state index is 11.2. The van der Waals surface area contributed by atoms with Crippen LogP contribution >= 0.6 is 0 Å². The summed E-state index contributed by atoms with van der Waals surface area (Å²) < 4.78 is 7.36. The quantitative estimate of drug-likeness (QED) is 0.393. The minimum absolute atomic E-state index is 0.210. The molecule has 7 heteroatoms. The number of benzene rings is 2. The lowest BCUT2D eigenvalue weighted by Crippen LogP contribution is -2.08. The van der Waals surface area contributed by atoms with E-state index in [0.717, 1.165) is 33.3 Å². The van der Waals surface area contributed by atoms with Gasteiger partial charge in [0.2, 0.25) is 0 Å². The lowest BCUT2D eigenvalue weighted by molar-refractivity contribution is -0.137. The van der Waals surface area contributed by atoms with Crippen molar-refractivity contribution in [2.75, 3.05) is 0 Å². The molecule has 0 aliphatic rings. The van der Waals surface area contributed by atoms with E-state index in [1.165, 1.54) is 4.68 Å². The van der Waals surface area contributed by atoms with Gasteiger partial charge in [0.05, 0.1) is 11.2 Å². The highest BCUT2D eigenvalue weighted by atomic mass is 16.5. The van der Waals surface area contributed by atoms with Crippen LogP contribution in [-0.2, 0) is 17.9 Å². The maximum Gasteiger partial charge on any atom is 0.325 e. The summed E-state index contributed by atoms with van der Waals surface area (Å²) in [5, 5.41) is 14.8. The van der Waals surface area contributed by atoms with Gasteiger partial charge in [0.15, 0.2) is 0 Å². The number of fused-ring (bicyclic) bond motifs is 1. The SMILES string of the molecule is O=C(O)Cn1cc(-c2ccncc2)c(-c2ccc(OCc3ccc4ccccc4n3)cc2)n1. The van der Waals surface area contributed by atoms with Gasteiger partial charge in [0.25, 0.3) is 0 Å². The number of aliphatic carboxylic acids is 1. The molecule has 0 radical (unpaired) electrons. The molecule has 0 spiro atoms. The van der Waals surface area contributed by atoms with Crippen molar-refractivity contribution in [2.24, 2.45) is 0 Å². The summed E-state index contributed by atoms with van der Waals surface area (Å²) in [6.45, 7) is 0.151. The Kier molecular flexibility index (Phi) is 5.51. The van der Waals surface area contributed by atoms with E-state index in [1.54, 1.807) is 18.6 Å². The van der Waals surface area contributed by atoms with Crippen LogP contribution in [0, 0.1) is 0 Å². The van der Waals surface area contributed by atoms with E-state index in [-0.39, 0.29) is 6.54 Å². The van der Waals surface area contributed by atoms with Crippen LogP contribution < -0.4 is 4.74 Å². The van der Waals surface area contributed by atoms with Gasteiger partial charge < -0.3 is 9.84 Å². The molecule has 0 unspecified atom stereocenters. The Balaban J connectivity index is 1.37. The van der Waals surface area contributed by atoms with E-state index in [1.807, 2.05) is 72.8 Å². The molecule has 0 bridgehead atoms. The van der Waals surface area contributed by atoms with Crippen molar-refractivity contribution in [1.82, 2.24) is 19.7 Å². The largest absolute Gasteiger partial charge is 0.487 e. The highest BCUT2D eigenvalue weighted by Crippen LogP contribution is 2.32. The summed E-state index contributed by atoms with van der Waals surface area (Å²) in [5.74, 6) is -0.236. The zero-order chi connectivity index (χ0) is 22.6. The number of carboxylic acid groups (broad SMARTS) is 1. The Morgan fingerprint density at radius 2 is 1.70 bits per heavy atom. The lowest BCUT2D eigenvalue weighted by atomic mass is 10.0. The summed E-state index contributed by atoms with van der Waals surface area (Å²) >= 11 is 0. The number of ether oxygens (including phenoxy) is 1. The van der Waals surface area contributed by atoms with Crippen molar-refractivity contribution in [3.8, 4) is 28.1 Å². The first-order chi connectivity index (χ1) is 16.2. The Morgan fingerprint density at radius 3 is 2.48 bits per heavy atom. The molecule has 0 saturated heterocycles. The first-order valence-electron chi connectivity index (χ1n) is 10.4. The van der Waals surface area contributed by atoms with Gasteiger partial charge in [0.1, 0.15) is 24.6 Å². The molecule has 0 aliphatic heterocycles. The lowest BCUT2D eigenvalue weighted by Gasteiger charge is -2.08. The molecule has 0 amide bonds. The number of carbonyl (C=O) groups is 1. The summed E-state index contributed by atoms with van der Waals surface area (Å²) in [5.41, 5.74) is 5.11. The average Bonchev–Trinajstić information content (AvgIpc) is 3.26. The Hall–Kier alpha value is -4.52. The van der Waals surface area contributed by atoms with Crippen molar-refractivity contribution in [3.05, 3.63) is 97.1 Å². The molecular weight excluding hydrogens is 416 g/mol. The molecule has 3 aromatic heterocycles. The van der Waals surface area contributed by atoms with Crippen LogP contribution in [0.1, 0.15) is 5.69 Å². The minimum Gasteiger partial charge on any atom is -0.487 e. The van der Waals surface area contributed by atoms with Gasteiger partial charge in [-0.05, 0) is 54.1 Å². The molecule has 33 heavy (non-hydrogen) atoms. The number of aromatic nitrogens is 4. The summed E-state index contributed by atoms with van der Waals surface area (Å²) in [6, 6.07) is 23.3. The highest BCUT2D eigenvalue weighted by Gasteiger charge is 2.15. The van der Waals surface area contributed by atoms with Crippen molar-refractivity contribution in [2.45, 2.75) is 13.2 Å². The predicted molar refractivity (Wildman–Crippen MR) is 125 cm³/mol. The third kappa shape index (κ3) is 4.57. The van der Waals surface area contributed by atoms with E-state index in [9.17, 15) is 4.79 Å². The first kappa shape index (κ1) is 20.4. The van der Waals surface area contributed by atoms with Crippen molar-refractivity contribution in [1.29, 1.82) is 0 Å². The van der Waals surface area contributed by atoms with Gasteiger partial charge in [-0.1, -0.05) is 24.3 Å². The third-order valence-electron chi connectivity index (χ3n) is 5.22. The average molecular weight is 436 g/mol. The molecule has 2 aromatic carbocycles. The van der Waals surface area contributed by atoms with E-state index in [0.29, 0.717) is 18.1 Å². The first-order valence-corrected chi connectivity index (χ1v) is 10.4. The highest BCUT2D eigenvalue weighted by molar-refractivity contribution is 5.81. The zero-order valence-corrected chi connectivity index (χ0v) is 17.6. The number of hydrogen-bond acceptors (Lipinski definition) is 5. The molecule has 5 aromatic rings. The second-order valence-electron chi connectivity index (χ2n) is 7.53. The predicted octanol–water partition coefficient (Wildman–Crippen LogP) is 4.82. The van der Waals surface area contributed by atoms with Crippen LogP contribution in [0.15, 0.2) is 91.4 Å². The number of hydrogen-bond donors (Lipinski definition) is 1. The fourth-order valence-corrected chi connectivity index (χ4v) is 3.65. The fraction of sp³-hybridized carbons (Fsp3) is 0.0769. The smallest absolute Gasteiger partial charge is 0.325 e. The maximum atomic E-state index is 11.2. The van der Waals surface area contributed by atoms with Crippen molar-refractivity contribution in [3.63, 3.8) is 0 Å². The van der Waals surface area contributed by atoms with Gasteiger partial charge in [-0.25, -0.2) is 4.98 Å². The topological polar surface area (TPSA) is 90.1 Å². The normalized spacial score (nSPS) is 10.9. The number of nitrogens with zero attached hydrogens (tertiary/aromatic N) is 4. The molecule has 1 N–H and O–H groups in total. The summed E-state index contributed by atoms with van der Waals surface area (Å²) in [7, 11) is 0.